The summed E-state index contributed by atoms with van der Waals surface area (Å²) >= 11 is 1.37. The molecule has 1 aromatic rings. The Labute approximate surface area is 125 Å². The average molecular weight is 315 g/mol. The lowest BCUT2D eigenvalue weighted by atomic mass is 9.75. The molecular weight excluding hydrogens is 299 g/mol. The van der Waals surface area contributed by atoms with Gasteiger partial charge in [-0.3, -0.25) is 4.79 Å². The minimum atomic E-state index is -4.35. The number of amides is 1. The number of hydrogen-bond donors (Lipinski definition) is 1. The predicted octanol–water partition coefficient (Wildman–Crippen LogP) is 4.70. The molecule has 0 radical (unpaired) electrons. The van der Waals surface area contributed by atoms with Gasteiger partial charge < -0.3 is 5.32 Å². The van der Waals surface area contributed by atoms with Gasteiger partial charge in [0.15, 0.2) is 0 Å². The summed E-state index contributed by atoms with van der Waals surface area (Å²) in [5.74, 6) is 0.529. The Morgan fingerprint density at radius 1 is 1.14 bits per heavy atom. The molecule has 6 heteroatoms. The molecule has 0 atom stereocenters. The first-order valence-electron chi connectivity index (χ1n) is 7.06. The van der Waals surface area contributed by atoms with Crippen LogP contribution in [0.25, 0.3) is 0 Å². The van der Waals surface area contributed by atoms with Gasteiger partial charge in [-0.15, -0.1) is 11.8 Å². The van der Waals surface area contributed by atoms with Crippen LogP contribution in [0.4, 0.5) is 18.9 Å². The second kappa shape index (κ2) is 5.23. The molecule has 1 N–H and O–H groups in total. The third kappa shape index (κ3) is 2.78. The molecule has 0 saturated heterocycles. The first-order valence-corrected chi connectivity index (χ1v) is 8.05. The Kier molecular flexibility index (Phi) is 3.67. The van der Waals surface area contributed by atoms with Crippen molar-refractivity contribution in [1.29, 1.82) is 0 Å². The van der Waals surface area contributed by atoms with Gasteiger partial charge in [0.1, 0.15) is 0 Å². The standard InChI is InChI=1S/C15H16F3NOS/c16-15(17,18)10-4-5-11-12(8-10)21-9-14(13(20)19-11)6-2-1-3-7-14/h4-5,8H,1-3,6-7,9H2,(H,19,20). The maximum Gasteiger partial charge on any atom is 0.416 e. The Balaban J connectivity index is 1.91. The van der Waals surface area contributed by atoms with Crippen molar-refractivity contribution in [2.24, 2.45) is 5.41 Å². The van der Waals surface area contributed by atoms with Gasteiger partial charge in [0.05, 0.1) is 16.7 Å². The van der Waals surface area contributed by atoms with Crippen LogP contribution < -0.4 is 5.32 Å². The zero-order valence-electron chi connectivity index (χ0n) is 11.4. The van der Waals surface area contributed by atoms with E-state index in [0.717, 1.165) is 44.2 Å². The smallest absolute Gasteiger partial charge is 0.325 e. The van der Waals surface area contributed by atoms with Gasteiger partial charge >= 0.3 is 6.18 Å². The average Bonchev–Trinajstić information content (AvgIpc) is 2.57. The van der Waals surface area contributed by atoms with Crippen LogP contribution in [-0.4, -0.2) is 11.7 Å². The highest BCUT2D eigenvalue weighted by atomic mass is 32.2. The summed E-state index contributed by atoms with van der Waals surface area (Å²) < 4.78 is 38.4. The van der Waals surface area contributed by atoms with E-state index in [9.17, 15) is 18.0 Å². The van der Waals surface area contributed by atoms with Crippen molar-refractivity contribution in [3.63, 3.8) is 0 Å². The van der Waals surface area contributed by atoms with E-state index in [2.05, 4.69) is 5.32 Å². The van der Waals surface area contributed by atoms with Crippen LogP contribution in [0.1, 0.15) is 37.7 Å². The fraction of sp³-hybridized carbons (Fsp3) is 0.533. The number of thioether (sulfide) groups is 1. The summed E-state index contributed by atoms with van der Waals surface area (Å²) in [6.07, 6.45) is 0.452. The Bertz CT molecular complexity index is 565. The van der Waals surface area contributed by atoms with Gasteiger partial charge in [-0.25, -0.2) is 0 Å². The number of carbonyl (C=O) groups excluding carboxylic acids is 1. The minimum Gasteiger partial charge on any atom is -0.325 e. The van der Waals surface area contributed by atoms with E-state index in [1.807, 2.05) is 0 Å². The highest BCUT2D eigenvalue weighted by Crippen LogP contribution is 2.46. The number of hydrogen-bond acceptors (Lipinski definition) is 2. The van der Waals surface area contributed by atoms with Crippen LogP contribution in [0.3, 0.4) is 0 Å². The molecule has 1 saturated carbocycles. The minimum absolute atomic E-state index is 0.0341. The predicted molar refractivity (Wildman–Crippen MR) is 76.3 cm³/mol. The van der Waals surface area contributed by atoms with Crippen molar-refractivity contribution in [2.45, 2.75) is 43.2 Å². The summed E-state index contributed by atoms with van der Waals surface area (Å²) in [4.78, 5) is 13.0. The fourth-order valence-electron chi connectivity index (χ4n) is 3.06. The number of halogens is 3. The summed E-state index contributed by atoms with van der Waals surface area (Å²) in [6.45, 7) is 0. The van der Waals surface area contributed by atoms with Gasteiger partial charge in [0.2, 0.25) is 5.91 Å². The molecule has 1 spiro atoms. The van der Waals surface area contributed by atoms with Crippen molar-refractivity contribution in [3.8, 4) is 0 Å². The molecule has 1 aromatic carbocycles. The van der Waals surface area contributed by atoms with Gasteiger partial charge in [0.25, 0.3) is 0 Å². The first kappa shape index (κ1) is 14.8. The molecule has 1 fully saturated rings. The molecule has 1 aliphatic carbocycles. The van der Waals surface area contributed by atoms with E-state index in [4.69, 9.17) is 0 Å². The molecule has 0 unspecified atom stereocenters. The Hall–Kier alpha value is -1.17. The van der Waals surface area contributed by atoms with Crippen LogP contribution in [0, 0.1) is 5.41 Å². The summed E-state index contributed by atoms with van der Waals surface area (Å²) in [6, 6.07) is 3.53. The quantitative estimate of drug-likeness (QED) is 0.752. The molecule has 1 aliphatic heterocycles. The number of rotatable bonds is 0. The Morgan fingerprint density at radius 2 is 1.86 bits per heavy atom. The summed E-state index contributed by atoms with van der Waals surface area (Å²) in [7, 11) is 0. The van der Waals surface area contributed by atoms with E-state index in [0.29, 0.717) is 16.3 Å². The molecule has 2 nitrogen and oxygen atoms in total. The number of benzene rings is 1. The second-order valence-corrected chi connectivity index (χ2v) is 6.81. The maximum atomic E-state index is 12.8. The van der Waals surface area contributed by atoms with Gasteiger partial charge in [-0.2, -0.15) is 13.2 Å². The lowest BCUT2D eigenvalue weighted by molar-refractivity contribution is -0.137. The highest BCUT2D eigenvalue weighted by molar-refractivity contribution is 7.99. The van der Waals surface area contributed by atoms with Gasteiger partial charge in [-0.05, 0) is 31.0 Å². The summed E-state index contributed by atoms with van der Waals surface area (Å²) in [5.41, 5.74) is -0.580. The van der Waals surface area contributed by atoms with E-state index < -0.39 is 17.2 Å². The van der Waals surface area contributed by atoms with Crippen LogP contribution in [0.2, 0.25) is 0 Å². The van der Waals surface area contributed by atoms with Crippen molar-refractivity contribution in [3.05, 3.63) is 23.8 Å². The molecule has 0 aromatic heterocycles. The number of fused-ring (bicyclic) bond motifs is 1. The van der Waals surface area contributed by atoms with Gasteiger partial charge in [-0.1, -0.05) is 19.3 Å². The lowest BCUT2D eigenvalue weighted by Crippen LogP contribution is -2.39. The van der Waals surface area contributed by atoms with Crippen LogP contribution in [-0.2, 0) is 11.0 Å². The zero-order chi connectivity index (χ0) is 15.1. The SMILES string of the molecule is O=C1Nc2ccc(C(F)(F)F)cc2SCC12CCCCC2. The molecule has 0 bridgehead atoms. The normalized spacial score (nSPS) is 21.6. The monoisotopic (exact) mass is 315 g/mol. The van der Waals surface area contributed by atoms with E-state index >= 15 is 0 Å². The van der Waals surface area contributed by atoms with Crippen molar-refractivity contribution in [1.82, 2.24) is 0 Å². The molecule has 21 heavy (non-hydrogen) atoms. The third-order valence-corrected chi connectivity index (χ3v) is 5.70. The third-order valence-electron chi connectivity index (χ3n) is 4.35. The first-order chi connectivity index (χ1) is 9.91. The van der Waals surface area contributed by atoms with Crippen LogP contribution in [0.5, 0.6) is 0 Å². The maximum absolute atomic E-state index is 12.8. The lowest BCUT2D eigenvalue weighted by Gasteiger charge is -2.33. The zero-order valence-corrected chi connectivity index (χ0v) is 12.2. The topological polar surface area (TPSA) is 29.1 Å². The summed E-state index contributed by atoms with van der Waals surface area (Å²) in [5, 5.41) is 2.83. The Morgan fingerprint density at radius 3 is 2.52 bits per heavy atom. The second-order valence-electron chi connectivity index (χ2n) is 5.79. The van der Waals surface area contributed by atoms with E-state index in [-0.39, 0.29) is 5.91 Å². The number of alkyl halides is 3. The number of carbonyl (C=O) groups is 1. The molecule has 114 valence electrons. The fourth-order valence-corrected chi connectivity index (χ4v) is 4.39. The molecule has 1 amide bonds. The molecule has 2 aliphatic rings. The van der Waals surface area contributed by atoms with Gasteiger partial charge in [0, 0.05) is 10.6 Å². The van der Waals surface area contributed by atoms with Crippen LogP contribution in [0.15, 0.2) is 23.1 Å². The van der Waals surface area contributed by atoms with Crippen molar-refractivity contribution >= 4 is 23.4 Å². The highest BCUT2D eigenvalue weighted by Gasteiger charge is 2.42. The van der Waals surface area contributed by atoms with E-state index in [1.165, 1.54) is 17.8 Å². The van der Waals surface area contributed by atoms with Crippen molar-refractivity contribution in [2.75, 3.05) is 11.1 Å². The molecule has 3 rings (SSSR count). The number of nitrogens with one attached hydrogen (secondary N) is 1. The molecular formula is C15H16F3NOS. The van der Waals surface area contributed by atoms with E-state index in [1.54, 1.807) is 0 Å². The van der Waals surface area contributed by atoms with Crippen molar-refractivity contribution < 1.29 is 18.0 Å². The van der Waals surface area contributed by atoms with Crippen LogP contribution >= 0.6 is 11.8 Å². The molecule has 1 heterocycles. The largest absolute Gasteiger partial charge is 0.416 e. The number of anilines is 1.